The Morgan fingerprint density at radius 2 is 1.94 bits per heavy atom. The van der Waals surface area contributed by atoms with Crippen molar-refractivity contribution in [2.75, 3.05) is 5.32 Å². The monoisotopic (exact) mass is 241 g/mol. The minimum absolute atomic E-state index is 0.426. The summed E-state index contributed by atoms with van der Waals surface area (Å²) in [6.45, 7) is 1.90. The highest BCUT2D eigenvalue weighted by atomic mass is 16.1. The number of aryl methyl sites for hydroxylation is 1. The molecule has 18 heavy (non-hydrogen) atoms. The van der Waals surface area contributed by atoms with Crippen molar-refractivity contribution in [2.24, 2.45) is 5.73 Å². The smallest absolute Gasteiger partial charge is 0.244 e. The first-order valence-corrected chi connectivity index (χ1v) is 5.70. The van der Waals surface area contributed by atoms with E-state index >= 15 is 0 Å². The zero-order chi connectivity index (χ0) is 13.0. The van der Waals surface area contributed by atoms with Gasteiger partial charge in [-0.15, -0.1) is 0 Å². The zero-order valence-electron chi connectivity index (χ0n) is 10.1. The van der Waals surface area contributed by atoms with Gasteiger partial charge in [0.1, 0.15) is 6.04 Å². The van der Waals surface area contributed by atoms with Crippen LogP contribution in [0.1, 0.15) is 17.3 Å². The number of carbonyl (C=O) groups is 1. The number of primary amides is 1. The number of nitrogens with one attached hydrogen (secondary N) is 1. The molecule has 1 heterocycles. The standard InChI is InChI=1S/C14H15N3O/c1-10-7-8-11(9-16-10)13(14(15)18)17-12-5-3-2-4-6-12/h2-9,13,17H,1H3,(H2,15,18). The summed E-state index contributed by atoms with van der Waals surface area (Å²) in [5, 5.41) is 3.10. The van der Waals surface area contributed by atoms with Crippen LogP contribution in [0, 0.1) is 6.92 Å². The molecule has 1 aromatic carbocycles. The van der Waals surface area contributed by atoms with Gasteiger partial charge < -0.3 is 11.1 Å². The number of para-hydroxylation sites is 1. The average molecular weight is 241 g/mol. The van der Waals surface area contributed by atoms with Gasteiger partial charge in [-0.3, -0.25) is 9.78 Å². The molecule has 92 valence electrons. The third-order valence-corrected chi connectivity index (χ3v) is 2.64. The zero-order valence-corrected chi connectivity index (χ0v) is 10.1. The van der Waals surface area contributed by atoms with Crippen molar-refractivity contribution in [2.45, 2.75) is 13.0 Å². The van der Waals surface area contributed by atoms with Gasteiger partial charge in [-0.1, -0.05) is 24.3 Å². The number of carbonyl (C=O) groups excluding carboxylic acids is 1. The number of rotatable bonds is 4. The molecule has 0 saturated carbocycles. The Hall–Kier alpha value is -2.36. The van der Waals surface area contributed by atoms with E-state index in [1.54, 1.807) is 6.20 Å². The SMILES string of the molecule is Cc1ccc(C(Nc2ccccc2)C(N)=O)cn1. The van der Waals surface area contributed by atoms with Crippen molar-refractivity contribution in [3.63, 3.8) is 0 Å². The fourth-order valence-electron chi connectivity index (χ4n) is 1.67. The average Bonchev–Trinajstić information content (AvgIpc) is 2.38. The van der Waals surface area contributed by atoms with E-state index in [2.05, 4.69) is 10.3 Å². The maximum Gasteiger partial charge on any atom is 0.244 e. The van der Waals surface area contributed by atoms with Gasteiger partial charge in [0.25, 0.3) is 0 Å². The van der Waals surface area contributed by atoms with E-state index in [9.17, 15) is 4.79 Å². The van der Waals surface area contributed by atoms with Crippen LogP contribution >= 0.6 is 0 Å². The summed E-state index contributed by atoms with van der Waals surface area (Å²) in [6.07, 6.45) is 1.67. The maximum atomic E-state index is 11.5. The second-order valence-corrected chi connectivity index (χ2v) is 4.08. The van der Waals surface area contributed by atoms with Gasteiger partial charge in [-0.25, -0.2) is 0 Å². The van der Waals surface area contributed by atoms with Crippen LogP contribution < -0.4 is 11.1 Å². The van der Waals surface area contributed by atoms with Gasteiger partial charge in [0.15, 0.2) is 0 Å². The molecule has 4 nitrogen and oxygen atoms in total. The number of amides is 1. The lowest BCUT2D eigenvalue weighted by Crippen LogP contribution is -2.27. The molecule has 2 rings (SSSR count). The molecule has 0 spiro atoms. The number of aromatic nitrogens is 1. The second-order valence-electron chi connectivity index (χ2n) is 4.08. The van der Waals surface area contributed by atoms with Crippen LogP contribution in [0.15, 0.2) is 48.7 Å². The molecule has 0 bridgehead atoms. The van der Waals surface area contributed by atoms with E-state index in [4.69, 9.17) is 5.73 Å². The molecule has 2 aromatic rings. The van der Waals surface area contributed by atoms with E-state index in [0.717, 1.165) is 16.9 Å². The van der Waals surface area contributed by atoms with Crippen LogP contribution in [0.3, 0.4) is 0 Å². The van der Waals surface area contributed by atoms with Crippen LogP contribution in [0.5, 0.6) is 0 Å². The normalized spacial score (nSPS) is 11.8. The predicted molar refractivity (Wildman–Crippen MR) is 71.0 cm³/mol. The van der Waals surface area contributed by atoms with Crippen molar-refractivity contribution in [3.05, 3.63) is 59.9 Å². The molecule has 4 heteroatoms. The molecule has 3 N–H and O–H groups in total. The first-order valence-electron chi connectivity index (χ1n) is 5.70. The van der Waals surface area contributed by atoms with Gasteiger partial charge in [0.2, 0.25) is 5.91 Å². The lowest BCUT2D eigenvalue weighted by atomic mass is 10.1. The summed E-state index contributed by atoms with van der Waals surface area (Å²) < 4.78 is 0. The van der Waals surface area contributed by atoms with Crippen molar-refractivity contribution in [3.8, 4) is 0 Å². The number of hydrogen-bond acceptors (Lipinski definition) is 3. The van der Waals surface area contributed by atoms with Crippen molar-refractivity contribution in [1.82, 2.24) is 4.98 Å². The molecule has 0 aliphatic rings. The predicted octanol–water partition coefficient (Wildman–Crippen LogP) is 2.03. The fraction of sp³-hybridized carbons (Fsp3) is 0.143. The van der Waals surface area contributed by atoms with Crippen LogP contribution in [0.25, 0.3) is 0 Å². The lowest BCUT2D eigenvalue weighted by Gasteiger charge is -2.16. The van der Waals surface area contributed by atoms with E-state index in [1.807, 2.05) is 49.4 Å². The van der Waals surface area contributed by atoms with Crippen LogP contribution in [0.2, 0.25) is 0 Å². The number of pyridine rings is 1. The molecule has 0 aliphatic carbocycles. The molecule has 1 atom stereocenters. The number of benzene rings is 1. The Morgan fingerprint density at radius 1 is 1.22 bits per heavy atom. The summed E-state index contributed by atoms with van der Waals surface area (Å²) in [5.41, 5.74) is 7.94. The highest BCUT2D eigenvalue weighted by Crippen LogP contribution is 2.18. The van der Waals surface area contributed by atoms with E-state index in [1.165, 1.54) is 0 Å². The molecule has 0 saturated heterocycles. The van der Waals surface area contributed by atoms with Gasteiger partial charge in [0, 0.05) is 23.1 Å². The summed E-state index contributed by atoms with van der Waals surface area (Å²) in [6, 6.07) is 12.6. The number of hydrogen-bond donors (Lipinski definition) is 2. The minimum atomic E-state index is -0.569. The Morgan fingerprint density at radius 3 is 2.50 bits per heavy atom. The quantitative estimate of drug-likeness (QED) is 0.860. The molecule has 0 radical (unpaired) electrons. The van der Waals surface area contributed by atoms with Crippen LogP contribution in [-0.2, 0) is 4.79 Å². The Labute approximate surface area is 106 Å². The fourth-order valence-corrected chi connectivity index (χ4v) is 1.67. The lowest BCUT2D eigenvalue weighted by molar-refractivity contribution is -0.118. The third kappa shape index (κ3) is 2.85. The van der Waals surface area contributed by atoms with Gasteiger partial charge in [-0.2, -0.15) is 0 Å². The summed E-state index contributed by atoms with van der Waals surface area (Å²) in [7, 11) is 0. The van der Waals surface area contributed by atoms with Crippen molar-refractivity contribution < 1.29 is 4.79 Å². The first-order chi connectivity index (χ1) is 8.66. The molecule has 0 aliphatic heterocycles. The first kappa shape index (κ1) is 12.1. The third-order valence-electron chi connectivity index (χ3n) is 2.64. The van der Waals surface area contributed by atoms with Crippen molar-refractivity contribution in [1.29, 1.82) is 0 Å². The highest BCUT2D eigenvalue weighted by molar-refractivity contribution is 5.84. The molecule has 1 amide bonds. The van der Waals surface area contributed by atoms with Crippen molar-refractivity contribution >= 4 is 11.6 Å². The summed E-state index contributed by atoms with van der Waals surface area (Å²) in [5.74, 6) is -0.426. The largest absolute Gasteiger partial charge is 0.370 e. The second kappa shape index (κ2) is 5.31. The van der Waals surface area contributed by atoms with Gasteiger partial charge in [0.05, 0.1) is 0 Å². The van der Waals surface area contributed by atoms with Crippen LogP contribution in [-0.4, -0.2) is 10.9 Å². The molecular formula is C14H15N3O. The van der Waals surface area contributed by atoms with Gasteiger partial charge in [-0.05, 0) is 25.1 Å². The minimum Gasteiger partial charge on any atom is -0.370 e. The number of nitrogens with zero attached hydrogens (tertiary/aromatic N) is 1. The summed E-state index contributed by atoms with van der Waals surface area (Å²) in [4.78, 5) is 15.7. The maximum absolute atomic E-state index is 11.5. The summed E-state index contributed by atoms with van der Waals surface area (Å²) >= 11 is 0. The number of anilines is 1. The molecule has 1 aromatic heterocycles. The molecular weight excluding hydrogens is 226 g/mol. The van der Waals surface area contributed by atoms with Gasteiger partial charge >= 0.3 is 0 Å². The van der Waals surface area contributed by atoms with E-state index in [-0.39, 0.29) is 0 Å². The van der Waals surface area contributed by atoms with E-state index in [0.29, 0.717) is 0 Å². The molecule has 0 fully saturated rings. The van der Waals surface area contributed by atoms with E-state index < -0.39 is 11.9 Å². The Balaban J connectivity index is 2.24. The highest BCUT2D eigenvalue weighted by Gasteiger charge is 2.17. The Kier molecular flexibility index (Phi) is 3.57. The number of nitrogens with two attached hydrogens (primary N) is 1. The Bertz CT molecular complexity index is 522. The molecule has 1 unspecified atom stereocenters. The topological polar surface area (TPSA) is 68.0 Å². The van der Waals surface area contributed by atoms with Crippen LogP contribution in [0.4, 0.5) is 5.69 Å².